The van der Waals surface area contributed by atoms with Crippen LogP contribution in [0.4, 0.5) is 0 Å². The van der Waals surface area contributed by atoms with Gasteiger partial charge in [-0.25, -0.2) is 4.98 Å². The number of hydrogen-bond donors (Lipinski definition) is 0. The number of nitrogens with zero attached hydrogens (tertiary/aromatic N) is 2. The van der Waals surface area contributed by atoms with E-state index in [-0.39, 0.29) is 0 Å². The van der Waals surface area contributed by atoms with Crippen LogP contribution in [-0.4, -0.2) is 9.55 Å². The van der Waals surface area contributed by atoms with Crippen molar-refractivity contribution in [3.8, 4) is 11.3 Å². The van der Waals surface area contributed by atoms with Crippen LogP contribution in [0.2, 0.25) is 0 Å². The van der Waals surface area contributed by atoms with Crippen LogP contribution in [0.15, 0.2) is 41.9 Å². The molecule has 2 rings (SSSR count). The summed E-state index contributed by atoms with van der Waals surface area (Å²) in [6.45, 7) is 7.54. The van der Waals surface area contributed by atoms with Gasteiger partial charge in [0.1, 0.15) is 15.2 Å². The van der Waals surface area contributed by atoms with Crippen molar-refractivity contribution in [2.24, 2.45) is 0 Å². The molecule has 0 aliphatic carbocycles. The average molecular weight is 401 g/mol. The van der Waals surface area contributed by atoms with E-state index in [1.54, 1.807) is 12.3 Å². The maximum absolute atomic E-state index is 4.55. The average Bonchev–Trinajstić information content (AvgIpc) is 2.66. The second-order valence-corrected chi connectivity index (χ2v) is 5.31. The third kappa shape index (κ3) is 2.37. The Hall–Kier alpha value is -0.880. The molecular weight excluding hydrogens is 391 g/mol. The summed E-state index contributed by atoms with van der Waals surface area (Å²) < 4.78 is 4.02. The van der Waals surface area contributed by atoms with Gasteiger partial charge in [-0.2, -0.15) is 0 Å². The van der Waals surface area contributed by atoms with E-state index in [1.807, 2.05) is 28.8 Å². The number of halogens is 2. The molecule has 0 saturated carbocycles. The molecule has 0 saturated heterocycles. The van der Waals surface area contributed by atoms with Gasteiger partial charge in [0, 0.05) is 16.2 Å². The highest BCUT2D eigenvalue weighted by Gasteiger charge is 2.12. The van der Waals surface area contributed by atoms with Crippen molar-refractivity contribution in [1.29, 1.82) is 0 Å². The molecule has 0 atom stereocenters. The third-order valence-electron chi connectivity index (χ3n) is 2.36. The zero-order valence-corrected chi connectivity index (χ0v) is 12.8. The fraction of sp³-hybridized carbons (Fsp3) is 0. The molecule has 0 amide bonds. The molecular formula is C13H10BrIN2. The smallest absolute Gasteiger partial charge is 0.137 e. The van der Waals surface area contributed by atoms with Crippen LogP contribution < -0.4 is 0 Å². The highest BCUT2D eigenvalue weighted by molar-refractivity contribution is 14.1. The van der Waals surface area contributed by atoms with Crippen LogP contribution in [0, 0.1) is 3.70 Å². The van der Waals surface area contributed by atoms with Gasteiger partial charge in [0.2, 0.25) is 0 Å². The molecule has 0 unspecified atom stereocenters. The molecule has 0 N–H and O–H groups in total. The SMILES string of the molecule is C=Cc1nc(-c2ccc(Br)cc2)c(I)n1C=C. The minimum Gasteiger partial charge on any atom is -0.295 e. The van der Waals surface area contributed by atoms with Crippen molar-refractivity contribution >= 4 is 50.8 Å². The molecule has 0 aliphatic rings. The van der Waals surface area contributed by atoms with Gasteiger partial charge in [-0.3, -0.25) is 4.57 Å². The summed E-state index contributed by atoms with van der Waals surface area (Å²) in [5.74, 6) is 0.808. The van der Waals surface area contributed by atoms with Crippen molar-refractivity contribution in [2.75, 3.05) is 0 Å². The number of hydrogen-bond acceptors (Lipinski definition) is 1. The topological polar surface area (TPSA) is 17.8 Å². The molecule has 17 heavy (non-hydrogen) atoms. The molecule has 1 heterocycles. The Morgan fingerprint density at radius 2 is 1.88 bits per heavy atom. The molecule has 1 aromatic heterocycles. The van der Waals surface area contributed by atoms with Crippen LogP contribution in [-0.2, 0) is 0 Å². The zero-order valence-electron chi connectivity index (χ0n) is 9.03. The third-order valence-corrected chi connectivity index (χ3v) is 3.92. The van der Waals surface area contributed by atoms with Crippen LogP contribution in [0.3, 0.4) is 0 Å². The monoisotopic (exact) mass is 400 g/mol. The Kier molecular flexibility index (Phi) is 3.83. The quantitative estimate of drug-likeness (QED) is 0.685. The van der Waals surface area contributed by atoms with Crippen LogP contribution in [0.1, 0.15) is 5.82 Å². The summed E-state index contributed by atoms with van der Waals surface area (Å²) in [4.78, 5) is 4.55. The Morgan fingerprint density at radius 3 is 2.35 bits per heavy atom. The predicted molar refractivity (Wildman–Crippen MR) is 84.6 cm³/mol. The zero-order chi connectivity index (χ0) is 12.4. The van der Waals surface area contributed by atoms with Crippen molar-refractivity contribution in [3.63, 3.8) is 0 Å². The molecule has 0 bridgehead atoms. The minimum atomic E-state index is 0.808. The van der Waals surface area contributed by atoms with E-state index in [4.69, 9.17) is 0 Å². The molecule has 0 fully saturated rings. The minimum absolute atomic E-state index is 0.808. The van der Waals surface area contributed by atoms with Gasteiger partial charge < -0.3 is 0 Å². The summed E-state index contributed by atoms with van der Waals surface area (Å²) >= 11 is 5.69. The normalized spacial score (nSPS) is 10.2. The number of imidazole rings is 1. The lowest BCUT2D eigenvalue weighted by atomic mass is 10.2. The van der Waals surface area contributed by atoms with Crippen molar-refractivity contribution in [3.05, 3.63) is 51.4 Å². The van der Waals surface area contributed by atoms with Gasteiger partial charge in [-0.05, 0) is 40.8 Å². The molecule has 4 heteroatoms. The van der Waals surface area contributed by atoms with Crippen molar-refractivity contribution in [2.45, 2.75) is 0 Å². The van der Waals surface area contributed by atoms with Gasteiger partial charge in [0.25, 0.3) is 0 Å². The van der Waals surface area contributed by atoms with Gasteiger partial charge in [0.05, 0.1) is 0 Å². The lowest BCUT2D eigenvalue weighted by Crippen LogP contribution is -1.91. The first-order valence-electron chi connectivity index (χ1n) is 4.96. The lowest BCUT2D eigenvalue weighted by Gasteiger charge is -1.99. The number of aromatic nitrogens is 2. The first-order chi connectivity index (χ1) is 8.17. The number of rotatable bonds is 3. The Balaban J connectivity index is 2.60. The van der Waals surface area contributed by atoms with Crippen molar-refractivity contribution < 1.29 is 0 Å². The van der Waals surface area contributed by atoms with E-state index >= 15 is 0 Å². The predicted octanol–water partition coefficient (Wildman–Crippen LogP) is 4.66. The highest BCUT2D eigenvalue weighted by Crippen LogP contribution is 2.27. The van der Waals surface area contributed by atoms with E-state index in [0.717, 1.165) is 25.3 Å². The lowest BCUT2D eigenvalue weighted by molar-refractivity contribution is 1.08. The Labute approximate surface area is 122 Å². The van der Waals surface area contributed by atoms with Gasteiger partial charge in [-0.1, -0.05) is 41.2 Å². The first kappa shape index (κ1) is 12.6. The summed E-state index contributed by atoms with van der Waals surface area (Å²) in [7, 11) is 0. The highest BCUT2D eigenvalue weighted by atomic mass is 127. The van der Waals surface area contributed by atoms with E-state index < -0.39 is 0 Å². The fourth-order valence-electron chi connectivity index (χ4n) is 1.54. The van der Waals surface area contributed by atoms with Gasteiger partial charge in [0.15, 0.2) is 0 Å². The van der Waals surface area contributed by atoms with Gasteiger partial charge >= 0.3 is 0 Å². The second kappa shape index (κ2) is 5.18. The number of benzene rings is 1. The summed E-state index contributed by atoms with van der Waals surface area (Å²) in [5, 5.41) is 0. The Morgan fingerprint density at radius 1 is 1.24 bits per heavy atom. The van der Waals surface area contributed by atoms with E-state index in [2.05, 4.69) is 56.7 Å². The maximum Gasteiger partial charge on any atom is 0.137 e. The molecule has 1 aromatic carbocycles. The van der Waals surface area contributed by atoms with E-state index in [9.17, 15) is 0 Å². The standard InChI is InChI=1S/C13H10BrIN2/c1-3-11-16-12(13(15)17(11)4-2)9-5-7-10(14)8-6-9/h3-8H,1-2H2. The van der Waals surface area contributed by atoms with E-state index in [0.29, 0.717) is 0 Å². The maximum atomic E-state index is 4.55. The molecule has 0 spiro atoms. The summed E-state index contributed by atoms with van der Waals surface area (Å²) in [5.41, 5.74) is 2.04. The van der Waals surface area contributed by atoms with Crippen molar-refractivity contribution in [1.82, 2.24) is 9.55 Å². The summed E-state index contributed by atoms with van der Waals surface area (Å²) in [6, 6.07) is 8.08. The molecule has 0 radical (unpaired) electrons. The second-order valence-electron chi connectivity index (χ2n) is 3.37. The van der Waals surface area contributed by atoms with Crippen LogP contribution in [0.5, 0.6) is 0 Å². The Bertz CT molecular complexity index is 570. The molecule has 86 valence electrons. The molecule has 0 aliphatic heterocycles. The molecule has 2 nitrogen and oxygen atoms in total. The summed E-state index contributed by atoms with van der Waals surface area (Å²) in [6.07, 6.45) is 3.47. The van der Waals surface area contributed by atoms with Gasteiger partial charge in [-0.15, -0.1) is 0 Å². The van der Waals surface area contributed by atoms with Crippen LogP contribution in [0.25, 0.3) is 23.5 Å². The van der Waals surface area contributed by atoms with Crippen LogP contribution >= 0.6 is 38.5 Å². The fourth-order valence-corrected chi connectivity index (χ4v) is 2.68. The molecule has 2 aromatic rings. The largest absolute Gasteiger partial charge is 0.295 e. The van der Waals surface area contributed by atoms with E-state index in [1.165, 1.54) is 0 Å². The first-order valence-corrected chi connectivity index (χ1v) is 6.83.